The fourth-order valence-electron chi connectivity index (χ4n) is 2.32. The molecule has 2 N–H and O–H groups in total. The fourth-order valence-corrected chi connectivity index (χ4v) is 2.32. The molecule has 1 atom stereocenters. The van der Waals surface area contributed by atoms with Crippen LogP contribution in [-0.2, 0) is 6.54 Å². The third-order valence-electron chi connectivity index (χ3n) is 3.35. The van der Waals surface area contributed by atoms with E-state index in [4.69, 9.17) is 0 Å². The quantitative estimate of drug-likeness (QED) is 0.631. The van der Waals surface area contributed by atoms with E-state index < -0.39 is 0 Å². The molecule has 1 aliphatic heterocycles. The number of nitrogens with one attached hydrogen (secondary N) is 2. The summed E-state index contributed by atoms with van der Waals surface area (Å²) in [6.07, 6.45) is 3.38. The maximum Gasteiger partial charge on any atom is 0.273 e. The van der Waals surface area contributed by atoms with Gasteiger partial charge in [-0.25, -0.2) is 0 Å². The van der Waals surface area contributed by atoms with Crippen molar-refractivity contribution in [1.29, 1.82) is 0 Å². The van der Waals surface area contributed by atoms with Gasteiger partial charge in [0.15, 0.2) is 0 Å². The summed E-state index contributed by atoms with van der Waals surface area (Å²) in [5.74, 6) is 0. The second-order valence-electron chi connectivity index (χ2n) is 4.64. The molecule has 1 unspecified atom stereocenters. The molecule has 0 radical (unpaired) electrons. The van der Waals surface area contributed by atoms with Gasteiger partial charge in [-0.2, -0.15) is 0 Å². The van der Waals surface area contributed by atoms with Crippen LogP contribution in [0.5, 0.6) is 0 Å². The molecule has 1 heterocycles. The lowest BCUT2D eigenvalue weighted by Crippen LogP contribution is -2.29. The van der Waals surface area contributed by atoms with E-state index in [1.54, 1.807) is 12.1 Å². The van der Waals surface area contributed by atoms with E-state index in [1.807, 2.05) is 12.1 Å². The zero-order valence-corrected chi connectivity index (χ0v) is 10.4. The van der Waals surface area contributed by atoms with Crippen LogP contribution in [0.2, 0.25) is 0 Å². The number of nitro groups is 1. The molecule has 0 aromatic heterocycles. The van der Waals surface area contributed by atoms with Gasteiger partial charge in [0.2, 0.25) is 0 Å². The Balaban J connectivity index is 1.94. The molecular formula is C13H19N3O2. The highest BCUT2D eigenvalue weighted by molar-refractivity contribution is 5.39. The standard InChI is InChI=1S/C13H19N3O2/c17-16(18)13-6-2-1-4-11(13)10-15-12-5-3-8-14-9-7-12/h1-2,4,6,12,14-15H,3,5,7-10H2. The molecule has 2 rings (SSSR count). The molecule has 1 saturated heterocycles. The first kappa shape index (κ1) is 13.0. The SMILES string of the molecule is O=[N+]([O-])c1ccccc1CNC1CCCNCC1. The molecule has 0 aliphatic carbocycles. The van der Waals surface area contributed by atoms with Gasteiger partial charge >= 0.3 is 0 Å². The third-order valence-corrected chi connectivity index (χ3v) is 3.35. The van der Waals surface area contributed by atoms with Gasteiger partial charge in [0.25, 0.3) is 5.69 Å². The molecule has 0 saturated carbocycles. The van der Waals surface area contributed by atoms with Gasteiger partial charge in [-0.1, -0.05) is 18.2 Å². The smallest absolute Gasteiger partial charge is 0.273 e. The number of para-hydroxylation sites is 1. The third kappa shape index (κ3) is 3.51. The molecule has 1 aromatic carbocycles. The van der Waals surface area contributed by atoms with E-state index in [2.05, 4.69) is 10.6 Å². The van der Waals surface area contributed by atoms with Crippen molar-refractivity contribution in [3.63, 3.8) is 0 Å². The second kappa shape index (κ2) is 6.47. The minimum atomic E-state index is -0.314. The van der Waals surface area contributed by atoms with Gasteiger partial charge in [0.05, 0.1) is 4.92 Å². The van der Waals surface area contributed by atoms with E-state index in [1.165, 1.54) is 0 Å². The summed E-state index contributed by atoms with van der Waals surface area (Å²) in [5, 5.41) is 17.7. The highest BCUT2D eigenvalue weighted by atomic mass is 16.6. The number of nitro benzene ring substituents is 1. The minimum absolute atomic E-state index is 0.205. The van der Waals surface area contributed by atoms with E-state index in [-0.39, 0.29) is 10.6 Å². The van der Waals surface area contributed by atoms with E-state index in [0.717, 1.165) is 37.9 Å². The van der Waals surface area contributed by atoms with Crippen LogP contribution < -0.4 is 10.6 Å². The summed E-state index contributed by atoms with van der Waals surface area (Å²) in [6, 6.07) is 7.39. The Morgan fingerprint density at radius 1 is 1.33 bits per heavy atom. The average Bonchev–Trinajstić information content (AvgIpc) is 2.65. The van der Waals surface area contributed by atoms with Crippen molar-refractivity contribution in [2.75, 3.05) is 13.1 Å². The van der Waals surface area contributed by atoms with Crippen molar-refractivity contribution < 1.29 is 4.92 Å². The Morgan fingerprint density at radius 3 is 3.00 bits per heavy atom. The largest absolute Gasteiger partial charge is 0.317 e. The summed E-state index contributed by atoms with van der Waals surface area (Å²) < 4.78 is 0. The summed E-state index contributed by atoms with van der Waals surface area (Å²) >= 11 is 0. The molecule has 0 bridgehead atoms. The van der Waals surface area contributed by atoms with Crippen molar-refractivity contribution in [3.8, 4) is 0 Å². The van der Waals surface area contributed by atoms with Crippen LogP contribution in [0.4, 0.5) is 5.69 Å². The number of rotatable bonds is 4. The van der Waals surface area contributed by atoms with Crippen LogP contribution in [0.25, 0.3) is 0 Å². The van der Waals surface area contributed by atoms with E-state index >= 15 is 0 Å². The van der Waals surface area contributed by atoms with Crippen molar-refractivity contribution in [2.45, 2.75) is 31.8 Å². The monoisotopic (exact) mass is 249 g/mol. The number of benzene rings is 1. The first-order chi connectivity index (χ1) is 8.77. The lowest BCUT2D eigenvalue weighted by molar-refractivity contribution is -0.385. The van der Waals surface area contributed by atoms with E-state index in [9.17, 15) is 10.1 Å². The molecule has 0 amide bonds. The van der Waals surface area contributed by atoms with Crippen molar-refractivity contribution in [1.82, 2.24) is 10.6 Å². The molecule has 1 aromatic rings. The number of hydrogen-bond donors (Lipinski definition) is 2. The van der Waals surface area contributed by atoms with Gasteiger partial charge in [-0.15, -0.1) is 0 Å². The number of hydrogen-bond acceptors (Lipinski definition) is 4. The minimum Gasteiger partial charge on any atom is -0.317 e. The van der Waals surface area contributed by atoms with Gasteiger partial charge in [-0.05, 0) is 32.4 Å². The maximum atomic E-state index is 10.9. The zero-order chi connectivity index (χ0) is 12.8. The fraction of sp³-hybridized carbons (Fsp3) is 0.538. The average molecular weight is 249 g/mol. The highest BCUT2D eigenvalue weighted by Gasteiger charge is 2.15. The van der Waals surface area contributed by atoms with Crippen LogP contribution in [0.15, 0.2) is 24.3 Å². The van der Waals surface area contributed by atoms with Crippen molar-refractivity contribution >= 4 is 5.69 Å². The molecule has 5 nitrogen and oxygen atoms in total. The molecule has 0 spiro atoms. The second-order valence-corrected chi connectivity index (χ2v) is 4.64. The van der Waals surface area contributed by atoms with Crippen molar-refractivity contribution in [2.24, 2.45) is 0 Å². The summed E-state index contributed by atoms with van der Waals surface area (Å²) in [4.78, 5) is 10.6. The van der Waals surface area contributed by atoms with E-state index in [0.29, 0.717) is 12.6 Å². The molecule has 98 valence electrons. The maximum absolute atomic E-state index is 10.9. The highest BCUT2D eigenvalue weighted by Crippen LogP contribution is 2.18. The summed E-state index contributed by atoms with van der Waals surface area (Å²) in [5.41, 5.74) is 0.969. The predicted octanol–water partition coefficient (Wildman–Crippen LogP) is 1.83. The molecule has 1 fully saturated rings. The van der Waals surface area contributed by atoms with Crippen LogP contribution in [-0.4, -0.2) is 24.1 Å². The van der Waals surface area contributed by atoms with Crippen molar-refractivity contribution in [3.05, 3.63) is 39.9 Å². The van der Waals surface area contributed by atoms with Gasteiger partial charge < -0.3 is 10.6 Å². The lowest BCUT2D eigenvalue weighted by Gasteiger charge is -2.15. The van der Waals surface area contributed by atoms with Crippen LogP contribution in [0.3, 0.4) is 0 Å². The van der Waals surface area contributed by atoms with Crippen LogP contribution in [0.1, 0.15) is 24.8 Å². The van der Waals surface area contributed by atoms with Crippen LogP contribution >= 0.6 is 0 Å². The molecule has 1 aliphatic rings. The first-order valence-electron chi connectivity index (χ1n) is 6.44. The van der Waals surface area contributed by atoms with Gasteiger partial charge in [0.1, 0.15) is 0 Å². The molecular weight excluding hydrogens is 230 g/mol. The Morgan fingerprint density at radius 2 is 2.17 bits per heavy atom. The first-order valence-corrected chi connectivity index (χ1v) is 6.44. The van der Waals surface area contributed by atoms with Gasteiger partial charge in [-0.3, -0.25) is 10.1 Å². The summed E-state index contributed by atoms with van der Waals surface area (Å²) in [6.45, 7) is 2.67. The predicted molar refractivity (Wildman–Crippen MR) is 70.4 cm³/mol. The summed E-state index contributed by atoms with van der Waals surface area (Å²) in [7, 11) is 0. The Bertz CT molecular complexity index is 401. The Kier molecular flexibility index (Phi) is 4.66. The Labute approximate surface area is 107 Å². The Hall–Kier alpha value is -1.46. The zero-order valence-electron chi connectivity index (χ0n) is 10.4. The molecule has 5 heteroatoms. The van der Waals surface area contributed by atoms with Gasteiger partial charge in [0, 0.05) is 24.2 Å². The normalized spacial score (nSPS) is 20.3. The molecule has 18 heavy (non-hydrogen) atoms. The number of nitrogens with zero attached hydrogens (tertiary/aromatic N) is 1. The lowest BCUT2D eigenvalue weighted by atomic mass is 10.1. The topological polar surface area (TPSA) is 67.2 Å². The van der Waals surface area contributed by atoms with Crippen LogP contribution in [0, 0.1) is 10.1 Å².